The molecule has 19 heavy (non-hydrogen) atoms. The molecule has 98 valence electrons. The first-order chi connectivity index (χ1) is 9.13. The largest absolute Gasteiger partial charge is 0.347 e. The molecule has 1 aromatic carbocycles. The maximum absolute atomic E-state index is 13.0. The molecule has 2 rings (SSSR count). The predicted molar refractivity (Wildman–Crippen MR) is 69.8 cm³/mol. The third kappa shape index (κ3) is 2.70. The number of H-pyrrole nitrogens is 1. The van der Waals surface area contributed by atoms with Gasteiger partial charge in [-0.05, 0) is 23.8 Å². The highest BCUT2D eigenvalue weighted by molar-refractivity contribution is 5.87. The Morgan fingerprint density at radius 2 is 2.16 bits per heavy atom. The normalized spacial score (nSPS) is 11.9. The van der Waals surface area contributed by atoms with E-state index in [2.05, 4.69) is 16.5 Å². The van der Waals surface area contributed by atoms with Crippen molar-refractivity contribution in [1.82, 2.24) is 14.9 Å². The maximum atomic E-state index is 13.0. The van der Waals surface area contributed by atoms with Crippen LogP contribution in [-0.2, 0) is 4.79 Å². The van der Waals surface area contributed by atoms with Crippen LogP contribution in [0.4, 0.5) is 4.39 Å². The number of nitrogens with zero attached hydrogens (tertiary/aromatic N) is 2. The Morgan fingerprint density at radius 1 is 1.47 bits per heavy atom. The Labute approximate surface area is 110 Å². The summed E-state index contributed by atoms with van der Waals surface area (Å²) in [5.74, 6) is 0.0645. The van der Waals surface area contributed by atoms with Gasteiger partial charge in [0.15, 0.2) is 0 Å². The molecule has 1 N–H and O–H groups in total. The Kier molecular flexibility index (Phi) is 3.75. The summed E-state index contributed by atoms with van der Waals surface area (Å²) in [6, 6.07) is 5.58. The van der Waals surface area contributed by atoms with Crippen molar-refractivity contribution in [2.24, 2.45) is 0 Å². The SMILES string of the molecule is C=CC(=O)N(C)C(c1ccc(F)cc1)c1ncc[nH]1. The van der Waals surface area contributed by atoms with Gasteiger partial charge in [0.2, 0.25) is 5.91 Å². The molecular formula is C14H14FN3O. The fourth-order valence-corrected chi connectivity index (χ4v) is 1.91. The van der Waals surface area contributed by atoms with E-state index in [1.807, 2.05) is 0 Å². The first kappa shape index (κ1) is 13.0. The van der Waals surface area contributed by atoms with E-state index in [0.717, 1.165) is 5.56 Å². The molecule has 1 amide bonds. The van der Waals surface area contributed by atoms with Crippen LogP contribution in [0.25, 0.3) is 0 Å². The number of amides is 1. The number of nitrogens with one attached hydrogen (secondary N) is 1. The van der Waals surface area contributed by atoms with Crippen LogP contribution in [0.5, 0.6) is 0 Å². The van der Waals surface area contributed by atoms with Crippen molar-refractivity contribution in [2.45, 2.75) is 6.04 Å². The van der Waals surface area contributed by atoms with Crippen LogP contribution < -0.4 is 0 Å². The van der Waals surface area contributed by atoms with Gasteiger partial charge in [-0.25, -0.2) is 9.37 Å². The van der Waals surface area contributed by atoms with E-state index in [0.29, 0.717) is 5.82 Å². The van der Waals surface area contributed by atoms with E-state index in [-0.39, 0.29) is 11.7 Å². The van der Waals surface area contributed by atoms with Gasteiger partial charge in [-0.2, -0.15) is 0 Å². The fourth-order valence-electron chi connectivity index (χ4n) is 1.91. The van der Waals surface area contributed by atoms with Gasteiger partial charge in [0.1, 0.15) is 17.7 Å². The highest BCUT2D eigenvalue weighted by Gasteiger charge is 2.24. The number of carbonyl (C=O) groups is 1. The van der Waals surface area contributed by atoms with Crippen LogP contribution in [0.3, 0.4) is 0 Å². The second kappa shape index (κ2) is 5.48. The van der Waals surface area contributed by atoms with Crippen LogP contribution in [0, 0.1) is 5.82 Å². The highest BCUT2D eigenvalue weighted by Crippen LogP contribution is 2.25. The summed E-state index contributed by atoms with van der Waals surface area (Å²) in [5, 5.41) is 0. The van der Waals surface area contributed by atoms with Crippen molar-refractivity contribution >= 4 is 5.91 Å². The second-order valence-electron chi connectivity index (χ2n) is 4.08. The Bertz CT molecular complexity index is 563. The topological polar surface area (TPSA) is 49.0 Å². The quantitative estimate of drug-likeness (QED) is 0.856. The first-order valence-electron chi connectivity index (χ1n) is 5.77. The van der Waals surface area contributed by atoms with E-state index >= 15 is 0 Å². The molecular weight excluding hydrogens is 245 g/mol. The molecule has 1 heterocycles. The average Bonchev–Trinajstić information content (AvgIpc) is 2.94. The lowest BCUT2D eigenvalue weighted by atomic mass is 10.0. The summed E-state index contributed by atoms with van der Waals surface area (Å²) in [5.41, 5.74) is 0.772. The number of imidazole rings is 1. The molecule has 0 aliphatic rings. The Balaban J connectivity index is 2.42. The van der Waals surface area contributed by atoms with Crippen molar-refractivity contribution in [3.05, 3.63) is 66.5 Å². The fraction of sp³-hybridized carbons (Fsp3) is 0.143. The minimum Gasteiger partial charge on any atom is -0.347 e. The average molecular weight is 259 g/mol. The van der Waals surface area contributed by atoms with E-state index in [9.17, 15) is 9.18 Å². The molecule has 0 aliphatic carbocycles. The second-order valence-corrected chi connectivity index (χ2v) is 4.08. The van der Waals surface area contributed by atoms with Gasteiger partial charge in [-0.15, -0.1) is 0 Å². The maximum Gasteiger partial charge on any atom is 0.246 e. The Hall–Kier alpha value is -2.43. The molecule has 0 spiro atoms. The summed E-state index contributed by atoms with van der Waals surface area (Å²) >= 11 is 0. The van der Waals surface area contributed by atoms with Crippen LogP contribution >= 0.6 is 0 Å². The van der Waals surface area contributed by atoms with Gasteiger partial charge in [-0.1, -0.05) is 18.7 Å². The molecule has 1 aromatic heterocycles. The lowest BCUT2D eigenvalue weighted by Crippen LogP contribution is -2.31. The zero-order valence-electron chi connectivity index (χ0n) is 10.5. The van der Waals surface area contributed by atoms with E-state index < -0.39 is 6.04 Å². The summed E-state index contributed by atoms with van der Waals surface area (Å²) < 4.78 is 13.0. The first-order valence-corrected chi connectivity index (χ1v) is 5.77. The van der Waals surface area contributed by atoms with Crippen molar-refractivity contribution in [3.8, 4) is 0 Å². The zero-order chi connectivity index (χ0) is 13.8. The van der Waals surface area contributed by atoms with Gasteiger partial charge >= 0.3 is 0 Å². The van der Waals surface area contributed by atoms with Crippen molar-refractivity contribution < 1.29 is 9.18 Å². The molecule has 5 heteroatoms. The van der Waals surface area contributed by atoms with Crippen LogP contribution in [-0.4, -0.2) is 27.8 Å². The number of hydrogen-bond acceptors (Lipinski definition) is 2. The number of carbonyl (C=O) groups excluding carboxylic acids is 1. The van der Waals surface area contributed by atoms with E-state index in [1.165, 1.54) is 23.1 Å². The van der Waals surface area contributed by atoms with Crippen molar-refractivity contribution in [1.29, 1.82) is 0 Å². The summed E-state index contributed by atoms with van der Waals surface area (Å²) in [6.07, 6.45) is 4.52. The molecule has 0 radical (unpaired) electrons. The summed E-state index contributed by atoms with van der Waals surface area (Å²) in [7, 11) is 1.65. The van der Waals surface area contributed by atoms with Gasteiger partial charge in [0, 0.05) is 19.4 Å². The summed E-state index contributed by atoms with van der Waals surface area (Å²) in [4.78, 5) is 20.4. The smallest absolute Gasteiger partial charge is 0.246 e. The van der Waals surface area contributed by atoms with Gasteiger partial charge in [-0.3, -0.25) is 4.79 Å². The van der Waals surface area contributed by atoms with Crippen molar-refractivity contribution in [3.63, 3.8) is 0 Å². The monoisotopic (exact) mass is 259 g/mol. The van der Waals surface area contributed by atoms with Crippen molar-refractivity contribution in [2.75, 3.05) is 7.05 Å². The van der Waals surface area contributed by atoms with Gasteiger partial charge < -0.3 is 9.88 Å². The van der Waals surface area contributed by atoms with Gasteiger partial charge in [0.05, 0.1) is 0 Å². The Morgan fingerprint density at radius 3 is 2.68 bits per heavy atom. The molecule has 0 saturated carbocycles. The highest BCUT2D eigenvalue weighted by atomic mass is 19.1. The lowest BCUT2D eigenvalue weighted by molar-refractivity contribution is -0.126. The van der Waals surface area contributed by atoms with Crippen LogP contribution in [0.2, 0.25) is 0 Å². The van der Waals surface area contributed by atoms with E-state index in [4.69, 9.17) is 0 Å². The number of benzene rings is 1. The molecule has 0 saturated heterocycles. The number of aromatic amines is 1. The number of hydrogen-bond donors (Lipinski definition) is 1. The van der Waals surface area contributed by atoms with E-state index in [1.54, 1.807) is 31.6 Å². The lowest BCUT2D eigenvalue weighted by Gasteiger charge is -2.26. The molecule has 1 atom stereocenters. The third-order valence-corrected chi connectivity index (χ3v) is 2.87. The minimum absolute atomic E-state index is 0.231. The molecule has 4 nitrogen and oxygen atoms in total. The minimum atomic E-state index is -0.402. The van der Waals surface area contributed by atoms with Crippen LogP contribution in [0.15, 0.2) is 49.3 Å². The number of rotatable bonds is 4. The number of aromatic nitrogens is 2. The number of halogens is 1. The third-order valence-electron chi connectivity index (χ3n) is 2.87. The molecule has 2 aromatic rings. The molecule has 1 unspecified atom stereocenters. The molecule has 0 bridgehead atoms. The van der Waals surface area contributed by atoms with Crippen LogP contribution in [0.1, 0.15) is 17.4 Å². The van der Waals surface area contributed by atoms with Gasteiger partial charge in [0.25, 0.3) is 0 Å². The zero-order valence-corrected chi connectivity index (χ0v) is 10.5. The summed E-state index contributed by atoms with van der Waals surface area (Å²) in [6.45, 7) is 3.47. The molecule has 0 fully saturated rings. The standard InChI is InChI=1S/C14H14FN3O/c1-3-12(19)18(2)13(14-16-8-9-17-14)10-4-6-11(15)7-5-10/h3-9,13H,1H2,2H3,(H,16,17). The molecule has 0 aliphatic heterocycles. The number of likely N-dealkylation sites (N-methyl/N-ethyl adjacent to an activating group) is 1. The predicted octanol–water partition coefficient (Wildman–Crippen LogP) is 2.28.